The van der Waals surface area contributed by atoms with Crippen molar-refractivity contribution < 1.29 is 19.1 Å². The minimum atomic E-state index is -1.71. The fourth-order valence-corrected chi connectivity index (χ4v) is 6.21. The zero-order valence-electron chi connectivity index (χ0n) is 20.9. The van der Waals surface area contributed by atoms with E-state index in [4.69, 9.17) is 10.5 Å². The number of methoxy groups -OCH3 is 1. The van der Waals surface area contributed by atoms with Crippen LogP contribution in [0.4, 0.5) is 11.4 Å². The minimum absolute atomic E-state index is 0.0490. The Bertz CT molecular complexity index is 1440. The molecule has 3 aliphatic rings. The van der Waals surface area contributed by atoms with Gasteiger partial charge in [0, 0.05) is 33.4 Å². The molecule has 7 nitrogen and oxygen atoms in total. The van der Waals surface area contributed by atoms with Gasteiger partial charge in [0.25, 0.3) is 0 Å². The number of ketones is 1. The van der Waals surface area contributed by atoms with Gasteiger partial charge in [-0.05, 0) is 61.1 Å². The van der Waals surface area contributed by atoms with Crippen molar-refractivity contribution in [1.29, 1.82) is 0 Å². The van der Waals surface area contributed by atoms with Crippen molar-refractivity contribution in [3.8, 4) is 0 Å². The molecule has 1 aliphatic carbocycles. The van der Waals surface area contributed by atoms with E-state index in [1.807, 2.05) is 45.9 Å². The topological polar surface area (TPSA) is 102 Å². The van der Waals surface area contributed by atoms with E-state index in [1.54, 1.807) is 23.1 Å². The highest BCUT2D eigenvalue weighted by molar-refractivity contribution is 9.10. The summed E-state index contributed by atoms with van der Waals surface area (Å²) in [7, 11) is 1.25. The van der Waals surface area contributed by atoms with Crippen molar-refractivity contribution in [3.05, 3.63) is 80.2 Å². The number of halogens is 1. The molecule has 0 bridgehead atoms. The first kappa shape index (κ1) is 24.3. The van der Waals surface area contributed by atoms with E-state index in [2.05, 4.69) is 21.2 Å². The number of allylic oxidation sites excluding steroid dienone is 1. The second-order valence-electron chi connectivity index (χ2n) is 10.5. The lowest BCUT2D eigenvalue weighted by atomic mass is 9.60. The summed E-state index contributed by atoms with van der Waals surface area (Å²) in [6.07, 6.45) is 0.730. The summed E-state index contributed by atoms with van der Waals surface area (Å²) >= 11 is 3.50. The van der Waals surface area contributed by atoms with Crippen LogP contribution in [0.1, 0.15) is 43.4 Å². The predicted molar refractivity (Wildman–Crippen MR) is 141 cm³/mol. The molecule has 0 saturated carbocycles. The normalized spacial score (nSPS) is 22.6. The van der Waals surface area contributed by atoms with Gasteiger partial charge in [-0.15, -0.1) is 0 Å². The Balaban J connectivity index is 1.96. The molecule has 1 unspecified atom stereocenters. The smallest absolute Gasteiger partial charge is 0.339 e. The lowest BCUT2D eigenvalue weighted by molar-refractivity contribution is -0.138. The van der Waals surface area contributed by atoms with Crippen molar-refractivity contribution >= 4 is 45.0 Å². The molecule has 0 saturated heterocycles. The molecule has 0 fully saturated rings. The molecule has 2 aromatic carbocycles. The van der Waals surface area contributed by atoms with Gasteiger partial charge in [0.15, 0.2) is 5.78 Å². The summed E-state index contributed by atoms with van der Waals surface area (Å²) in [5.41, 5.74) is 9.37. The van der Waals surface area contributed by atoms with Crippen LogP contribution in [-0.2, 0) is 24.5 Å². The summed E-state index contributed by atoms with van der Waals surface area (Å²) in [5.74, 6) is -1.34. The van der Waals surface area contributed by atoms with Gasteiger partial charge in [0.2, 0.25) is 5.91 Å². The Morgan fingerprint density at radius 1 is 1.11 bits per heavy atom. The standard InChI is InChI=1S/C28H28BrN3O4/c1-14-6-7-15(2)19(10-14)32-20-12-27(3,4)13-21(33)22(20)28(23(24(32)30)25(34)36-5)17-11-16(29)8-9-18(17)31-26(28)35/h6-11H,12-13,30H2,1-5H3,(H,31,35). The zero-order chi connectivity index (χ0) is 26.2. The Labute approximate surface area is 218 Å². The number of benzene rings is 2. The van der Waals surface area contributed by atoms with E-state index in [-0.39, 0.29) is 34.6 Å². The average molecular weight is 550 g/mol. The number of Topliss-reactive ketones (excluding diaryl/α,β-unsaturated/α-hetero) is 1. The summed E-state index contributed by atoms with van der Waals surface area (Å²) in [5, 5.41) is 2.90. The molecular weight excluding hydrogens is 522 g/mol. The first-order valence-electron chi connectivity index (χ1n) is 11.8. The summed E-state index contributed by atoms with van der Waals surface area (Å²) in [6, 6.07) is 11.3. The fraction of sp³-hybridized carbons (Fsp3) is 0.321. The lowest BCUT2D eigenvalue weighted by Crippen LogP contribution is -2.54. The van der Waals surface area contributed by atoms with Gasteiger partial charge in [-0.25, -0.2) is 4.79 Å². The highest BCUT2D eigenvalue weighted by atomic mass is 79.9. The van der Waals surface area contributed by atoms with Gasteiger partial charge < -0.3 is 15.8 Å². The maximum atomic E-state index is 14.0. The van der Waals surface area contributed by atoms with Crippen molar-refractivity contribution in [2.24, 2.45) is 11.1 Å². The third kappa shape index (κ3) is 3.27. The molecule has 36 heavy (non-hydrogen) atoms. The predicted octanol–water partition coefficient (Wildman–Crippen LogP) is 4.76. The Kier molecular flexibility index (Phi) is 5.44. The Hall–Kier alpha value is -3.39. The molecular formula is C28H28BrN3O4. The average Bonchev–Trinajstić information content (AvgIpc) is 3.06. The maximum absolute atomic E-state index is 14.0. The number of rotatable bonds is 2. The van der Waals surface area contributed by atoms with Gasteiger partial charge in [0.1, 0.15) is 16.8 Å². The maximum Gasteiger partial charge on any atom is 0.339 e. The quantitative estimate of drug-likeness (QED) is 0.523. The first-order chi connectivity index (χ1) is 16.9. The van der Waals surface area contributed by atoms with E-state index >= 15 is 0 Å². The Morgan fingerprint density at radius 3 is 2.53 bits per heavy atom. The van der Waals surface area contributed by atoms with E-state index in [0.717, 1.165) is 16.8 Å². The second-order valence-corrected chi connectivity index (χ2v) is 11.4. The third-order valence-electron chi connectivity index (χ3n) is 7.34. The number of nitrogens with two attached hydrogens (primary N) is 1. The molecule has 1 spiro atoms. The van der Waals surface area contributed by atoms with E-state index in [9.17, 15) is 14.4 Å². The van der Waals surface area contributed by atoms with Crippen LogP contribution in [-0.4, -0.2) is 24.8 Å². The zero-order valence-corrected chi connectivity index (χ0v) is 22.5. The van der Waals surface area contributed by atoms with Crippen LogP contribution in [0.3, 0.4) is 0 Å². The Morgan fingerprint density at radius 2 is 1.83 bits per heavy atom. The highest BCUT2D eigenvalue weighted by Crippen LogP contribution is 2.58. The molecule has 186 valence electrons. The van der Waals surface area contributed by atoms with E-state index in [1.165, 1.54) is 7.11 Å². The van der Waals surface area contributed by atoms with Crippen LogP contribution in [0.25, 0.3) is 0 Å². The van der Waals surface area contributed by atoms with E-state index in [0.29, 0.717) is 27.8 Å². The first-order valence-corrected chi connectivity index (χ1v) is 12.6. The van der Waals surface area contributed by atoms with Crippen LogP contribution in [0.5, 0.6) is 0 Å². The van der Waals surface area contributed by atoms with Gasteiger partial charge in [-0.2, -0.15) is 0 Å². The molecule has 1 amide bonds. The number of esters is 1. The van der Waals surface area contributed by atoms with Crippen LogP contribution >= 0.6 is 15.9 Å². The number of nitrogens with zero attached hydrogens (tertiary/aromatic N) is 1. The largest absolute Gasteiger partial charge is 0.466 e. The fourth-order valence-electron chi connectivity index (χ4n) is 5.84. The minimum Gasteiger partial charge on any atom is -0.466 e. The highest BCUT2D eigenvalue weighted by Gasteiger charge is 2.63. The number of aryl methyl sites for hydroxylation is 2. The number of fused-ring (bicyclic) bond motifs is 3. The molecule has 2 heterocycles. The van der Waals surface area contributed by atoms with Crippen molar-refractivity contribution in [1.82, 2.24) is 0 Å². The molecule has 5 rings (SSSR count). The third-order valence-corrected chi connectivity index (χ3v) is 7.83. The lowest BCUT2D eigenvalue weighted by Gasteiger charge is -2.47. The molecule has 0 aromatic heterocycles. The number of amides is 1. The molecule has 0 radical (unpaired) electrons. The molecule has 8 heteroatoms. The second kappa shape index (κ2) is 8.06. The van der Waals surface area contributed by atoms with E-state index < -0.39 is 17.3 Å². The number of ether oxygens (including phenoxy) is 1. The van der Waals surface area contributed by atoms with Crippen molar-refractivity contribution in [2.75, 3.05) is 17.3 Å². The summed E-state index contributed by atoms with van der Waals surface area (Å²) in [6.45, 7) is 7.98. The summed E-state index contributed by atoms with van der Waals surface area (Å²) < 4.78 is 5.92. The van der Waals surface area contributed by atoms with Crippen molar-refractivity contribution in [3.63, 3.8) is 0 Å². The van der Waals surface area contributed by atoms with Gasteiger partial charge >= 0.3 is 5.97 Å². The monoisotopic (exact) mass is 549 g/mol. The number of carbonyl (C=O) groups excluding carboxylic acids is 3. The number of hydrogen-bond donors (Lipinski definition) is 2. The molecule has 2 aromatic rings. The summed E-state index contributed by atoms with van der Waals surface area (Å²) in [4.78, 5) is 43.3. The number of carbonyl (C=O) groups is 3. The number of nitrogens with one attached hydrogen (secondary N) is 1. The van der Waals surface area contributed by atoms with Crippen LogP contribution in [0.15, 0.2) is 63.5 Å². The van der Waals surface area contributed by atoms with Crippen LogP contribution in [0, 0.1) is 19.3 Å². The number of hydrogen-bond acceptors (Lipinski definition) is 6. The van der Waals surface area contributed by atoms with Crippen LogP contribution < -0.4 is 16.0 Å². The van der Waals surface area contributed by atoms with Crippen molar-refractivity contribution in [2.45, 2.75) is 46.0 Å². The SMILES string of the molecule is COC(=O)C1=C(N)N(c2cc(C)ccc2C)C2=C(C(=O)CC(C)(C)C2)C12C(=O)Nc1ccc(Br)cc12. The van der Waals surface area contributed by atoms with Crippen LogP contribution in [0.2, 0.25) is 0 Å². The molecule has 3 N–H and O–H groups in total. The van der Waals surface area contributed by atoms with Gasteiger partial charge in [0.05, 0.1) is 12.8 Å². The number of anilines is 2. The molecule has 1 atom stereocenters. The molecule has 2 aliphatic heterocycles. The van der Waals surface area contributed by atoms with Gasteiger partial charge in [-0.1, -0.05) is 41.9 Å². The van der Waals surface area contributed by atoms with Gasteiger partial charge in [-0.3, -0.25) is 14.5 Å².